The van der Waals surface area contributed by atoms with Crippen molar-refractivity contribution in [3.8, 4) is 5.75 Å². The smallest absolute Gasteiger partial charge is 0.338 e. The molecular weight excluding hydrogens is 500 g/mol. The maximum Gasteiger partial charge on any atom is 0.338 e. The second-order valence-corrected chi connectivity index (χ2v) is 9.90. The molecule has 32 heavy (non-hydrogen) atoms. The number of anilines is 1. The fourth-order valence-electron chi connectivity index (χ4n) is 3.41. The van der Waals surface area contributed by atoms with E-state index >= 15 is 0 Å². The Hall–Kier alpha value is -2.59. The normalized spacial score (nSPS) is 14.1. The van der Waals surface area contributed by atoms with Crippen molar-refractivity contribution in [1.29, 1.82) is 0 Å². The summed E-state index contributed by atoms with van der Waals surface area (Å²) in [6.07, 6.45) is 4.08. The molecule has 0 aromatic heterocycles. The van der Waals surface area contributed by atoms with E-state index in [1.807, 2.05) is 0 Å². The van der Waals surface area contributed by atoms with E-state index in [1.54, 1.807) is 19.1 Å². The number of esters is 1. The first-order chi connectivity index (χ1) is 15.3. The first-order valence-corrected chi connectivity index (χ1v) is 12.6. The minimum Gasteiger partial charge on any atom is -0.492 e. The van der Waals surface area contributed by atoms with E-state index in [9.17, 15) is 18.0 Å². The quantitative estimate of drug-likeness (QED) is 0.481. The van der Waals surface area contributed by atoms with Gasteiger partial charge < -0.3 is 14.8 Å². The molecule has 1 aliphatic rings. The lowest BCUT2D eigenvalue weighted by Crippen LogP contribution is -2.35. The summed E-state index contributed by atoms with van der Waals surface area (Å²) in [7, 11) is -3.93. The van der Waals surface area contributed by atoms with Crippen molar-refractivity contribution in [2.75, 3.05) is 17.9 Å². The van der Waals surface area contributed by atoms with Crippen molar-refractivity contribution in [2.45, 2.75) is 43.5 Å². The largest absolute Gasteiger partial charge is 0.492 e. The van der Waals surface area contributed by atoms with E-state index in [2.05, 4.69) is 26.0 Å². The lowest BCUT2D eigenvalue weighted by molar-refractivity contribution is -0.124. The molecule has 0 unspecified atom stereocenters. The average molecular weight is 525 g/mol. The molecule has 0 aliphatic heterocycles. The zero-order valence-electron chi connectivity index (χ0n) is 17.6. The van der Waals surface area contributed by atoms with Crippen molar-refractivity contribution in [2.24, 2.45) is 0 Å². The highest BCUT2D eigenvalue weighted by Gasteiger charge is 2.21. The molecule has 0 saturated heterocycles. The van der Waals surface area contributed by atoms with E-state index < -0.39 is 16.0 Å². The molecule has 0 spiro atoms. The average Bonchev–Trinajstić information content (AvgIpc) is 3.26. The van der Waals surface area contributed by atoms with Gasteiger partial charge in [0.05, 0.1) is 12.2 Å². The number of ether oxygens (including phenoxy) is 2. The van der Waals surface area contributed by atoms with Gasteiger partial charge in [-0.1, -0.05) is 28.8 Å². The highest BCUT2D eigenvalue weighted by molar-refractivity contribution is 9.10. The molecule has 1 amide bonds. The maximum absolute atomic E-state index is 12.8. The molecule has 2 aromatic carbocycles. The van der Waals surface area contributed by atoms with E-state index in [0.29, 0.717) is 11.1 Å². The predicted octanol–water partition coefficient (Wildman–Crippen LogP) is 3.86. The van der Waals surface area contributed by atoms with Crippen molar-refractivity contribution >= 4 is 43.5 Å². The number of hydrogen-bond acceptors (Lipinski definition) is 6. The number of carbonyl (C=O) groups excluding carboxylic acids is 2. The van der Waals surface area contributed by atoms with Crippen molar-refractivity contribution in [1.82, 2.24) is 5.32 Å². The Kier molecular flexibility index (Phi) is 8.14. The predicted molar refractivity (Wildman–Crippen MR) is 123 cm³/mol. The number of sulfonamides is 1. The van der Waals surface area contributed by atoms with Gasteiger partial charge in [-0.3, -0.25) is 9.52 Å². The van der Waals surface area contributed by atoms with Gasteiger partial charge in [0.2, 0.25) is 0 Å². The van der Waals surface area contributed by atoms with Gasteiger partial charge in [0.25, 0.3) is 15.9 Å². The topological polar surface area (TPSA) is 111 Å². The number of benzene rings is 2. The molecule has 0 radical (unpaired) electrons. The monoisotopic (exact) mass is 524 g/mol. The van der Waals surface area contributed by atoms with Crippen LogP contribution in [0.4, 0.5) is 5.69 Å². The third-order valence-electron chi connectivity index (χ3n) is 4.92. The Morgan fingerprint density at radius 3 is 2.44 bits per heavy atom. The SMILES string of the molecule is CCOc1ccc(Br)cc1S(=O)(=O)Nc1ccc(C(=O)OCC(=O)NC2CCCC2)cc1. The van der Waals surface area contributed by atoms with Crippen LogP contribution in [0.3, 0.4) is 0 Å². The van der Waals surface area contributed by atoms with E-state index in [-0.39, 0.29) is 40.5 Å². The van der Waals surface area contributed by atoms with Crippen LogP contribution in [0.15, 0.2) is 51.8 Å². The summed E-state index contributed by atoms with van der Waals surface area (Å²) < 4.78 is 39.2. The highest BCUT2D eigenvalue weighted by Crippen LogP contribution is 2.29. The molecule has 2 aromatic rings. The van der Waals surface area contributed by atoms with Gasteiger partial charge >= 0.3 is 5.97 Å². The van der Waals surface area contributed by atoms with E-state index in [4.69, 9.17) is 9.47 Å². The van der Waals surface area contributed by atoms with Gasteiger partial charge in [-0.2, -0.15) is 0 Å². The number of rotatable bonds is 9. The second-order valence-electron chi connectivity index (χ2n) is 7.33. The Bertz CT molecular complexity index is 1070. The van der Waals surface area contributed by atoms with Crippen molar-refractivity contribution in [3.05, 3.63) is 52.5 Å². The van der Waals surface area contributed by atoms with Gasteiger partial charge in [-0.25, -0.2) is 13.2 Å². The number of carbonyl (C=O) groups is 2. The fourth-order valence-corrected chi connectivity index (χ4v) is 5.15. The van der Waals surface area contributed by atoms with Crippen LogP contribution in [0.1, 0.15) is 43.0 Å². The minimum atomic E-state index is -3.93. The lowest BCUT2D eigenvalue weighted by Gasteiger charge is -2.13. The van der Waals surface area contributed by atoms with Crippen LogP contribution in [-0.4, -0.2) is 39.5 Å². The van der Waals surface area contributed by atoms with Crippen molar-refractivity contribution < 1.29 is 27.5 Å². The summed E-state index contributed by atoms with van der Waals surface area (Å²) in [4.78, 5) is 24.1. The number of nitrogens with one attached hydrogen (secondary N) is 2. The zero-order valence-corrected chi connectivity index (χ0v) is 20.0. The first-order valence-electron chi connectivity index (χ1n) is 10.3. The third kappa shape index (κ3) is 6.46. The first kappa shape index (κ1) is 24.1. The summed E-state index contributed by atoms with van der Waals surface area (Å²) in [5.41, 5.74) is 0.474. The van der Waals surface area contributed by atoms with Gasteiger partial charge in [0, 0.05) is 16.2 Å². The van der Waals surface area contributed by atoms with Crippen LogP contribution in [0.25, 0.3) is 0 Å². The summed E-state index contributed by atoms with van der Waals surface area (Å²) in [6.45, 7) is 1.73. The molecule has 172 valence electrons. The molecule has 1 aliphatic carbocycles. The number of halogens is 1. The molecule has 1 fully saturated rings. The maximum atomic E-state index is 12.8. The molecule has 10 heteroatoms. The van der Waals surface area contributed by atoms with Gasteiger partial charge in [-0.05, 0) is 62.2 Å². The van der Waals surface area contributed by atoms with Crippen molar-refractivity contribution in [3.63, 3.8) is 0 Å². The molecule has 8 nitrogen and oxygen atoms in total. The Morgan fingerprint density at radius 2 is 1.78 bits per heavy atom. The number of amides is 1. The summed E-state index contributed by atoms with van der Waals surface area (Å²) in [6, 6.07) is 10.6. The Morgan fingerprint density at radius 1 is 1.09 bits per heavy atom. The van der Waals surface area contributed by atoms with E-state index in [1.165, 1.54) is 30.3 Å². The van der Waals surface area contributed by atoms with Crippen LogP contribution in [0.5, 0.6) is 5.75 Å². The zero-order chi connectivity index (χ0) is 23.1. The summed E-state index contributed by atoms with van der Waals surface area (Å²) >= 11 is 3.27. The van der Waals surface area contributed by atoms with Crippen LogP contribution >= 0.6 is 15.9 Å². The molecular formula is C22H25BrN2O6S. The summed E-state index contributed by atoms with van der Waals surface area (Å²) in [5.74, 6) is -0.750. The standard InChI is InChI=1S/C22H25BrN2O6S/c1-2-30-19-12-9-16(23)13-20(19)32(28,29)25-18-10-7-15(8-11-18)22(27)31-14-21(26)24-17-5-3-4-6-17/h7-13,17,25H,2-6,14H2,1H3,(H,24,26). The highest BCUT2D eigenvalue weighted by atomic mass is 79.9. The van der Waals surface area contributed by atoms with Crippen LogP contribution < -0.4 is 14.8 Å². The third-order valence-corrected chi connectivity index (χ3v) is 6.82. The van der Waals surface area contributed by atoms with Crippen LogP contribution in [0.2, 0.25) is 0 Å². The fraction of sp³-hybridized carbons (Fsp3) is 0.364. The molecule has 0 bridgehead atoms. The Labute approximate surface area is 195 Å². The van der Waals surface area contributed by atoms with Crippen LogP contribution in [0, 0.1) is 0 Å². The minimum absolute atomic E-state index is 0.00881. The molecule has 0 atom stereocenters. The lowest BCUT2D eigenvalue weighted by atomic mass is 10.2. The summed E-state index contributed by atoms with van der Waals surface area (Å²) in [5, 5.41) is 2.85. The Balaban J connectivity index is 1.61. The number of hydrogen-bond donors (Lipinski definition) is 2. The molecule has 1 saturated carbocycles. The van der Waals surface area contributed by atoms with Gasteiger partial charge in [0.15, 0.2) is 6.61 Å². The van der Waals surface area contributed by atoms with E-state index in [0.717, 1.165) is 25.7 Å². The molecule has 3 rings (SSSR count). The second kappa shape index (κ2) is 10.8. The molecule has 2 N–H and O–H groups in total. The van der Waals surface area contributed by atoms with Gasteiger partial charge in [0.1, 0.15) is 10.6 Å². The molecule has 0 heterocycles. The van der Waals surface area contributed by atoms with Crippen LogP contribution in [-0.2, 0) is 19.6 Å². The van der Waals surface area contributed by atoms with Gasteiger partial charge in [-0.15, -0.1) is 0 Å².